The second-order valence-electron chi connectivity index (χ2n) is 7.17. The van der Waals surface area contributed by atoms with E-state index in [1.54, 1.807) is 25.4 Å². The highest BCUT2D eigenvalue weighted by Crippen LogP contribution is 2.27. The van der Waals surface area contributed by atoms with Crippen LogP contribution >= 0.6 is 0 Å². The van der Waals surface area contributed by atoms with Crippen LogP contribution in [0.5, 0.6) is 0 Å². The van der Waals surface area contributed by atoms with Gasteiger partial charge in [-0.2, -0.15) is 0 Å². The first-order valence-electron chi connectivity index (χ1n) is 10.1. The molecule has 0 bridgehead atoms. The van der Waals surface area contributed by atoms with E-state index < -0.39 is 12.1 Å². The molecule has 0 spiro atoms. The van der Waals surface area contributed by atoms with Gasteiger partial charge in [-0.1, -0.05) is 36.4 Å². The maximum absolute atomic E-state index is 13.1. The number of hydrogen-bond donors (Lipinski definition) is 0. The topological polar surface area (TPSA) is 91.0 Å². The number of fused-ring (bicyclic) bond motifs is 1. The summed E-state index contributed by atoms with van der Waals surface area (Å²) in [5.74, 6) is 0.0977. The summed E-state index contributed by atoms with van der Waals surface area (Å²) in [5, 5.41) is 8.82. The van der Waals surface area contributed by atoms with Crippen molar-refractivity contribution in [3.05, 3.63) is 96.6 Å². The van der Waals surface area contributed by atoms with Crippen molar-refractivity contribution in [2.75, 3.05) is 0 Å². The van der Waals surface area contributed by atoms with E-state index in [0.717, 1.165) is 11.1 Å². The number of nitrogens with zero attached hydrogens (tertiary/aromatic N) is 4. The largest absolute Gasteiger partial charge is 0.449 e. The summed E-state index contributed by atoms with van der Waals surface area (Å²) >= 11 is 0. The van der Waals surface area contributed by atoms with Gasteiger partial charge in [-0.05, 0) is 43.3 Å². The third kappa shape index (κ3) is 3.83. The van der Waals surface area contributed by atoms with Gasteiger partial charge in [0.05, 0.1) is 16.8 Å². The van der Waals surface area contributed by atoms with Crippen molar-refractivity contribution >= 4 is 16.9 Å². The summed E-state index contributed by atoms with van der Waals surface area (Å²) in [4.78, 5) is 22.0. The third-order valence-electron chi connectivity index (χ3n) is 4.99. The molecule has 0 fully saturated rings. The molecular formula is C25H18N4O3. The number of carbonyl (C=O) groups is 1. The van der Waals surface area contributed by atoms with Gasteiger partial charge in [-0.15, -0.1) is 10.2 Å². The zero-order valence-electron chi connectivity index (χ0n) is 17.2. The van der Waals surface area contributed by atoms with Crippen LogP contribution in [0.4, 0.5) is 0 Å². The van der Waals surface area contributed by atoms with Crippen molar-refractivity contribution in [2.45, 2.75) is 13.0 Å². The van der Waals surface area contributed by atoms with E-state index in [4.69, 9.17) is 9.15 Å². The lowest BCUT2D eigenvalue weighted by atomic mass is 10.1. The van der Waals surface area contributed by atoms with Crippen LogP contribution in [0, 0.1) is 0 Å². The lowest BCUT2D eigenvalue weighted by Crippen LogP contribution is -2.11. The van der Waals surface area contributed by atoms with Gasteiger partial charge in [0, 0.05) is 28.9 Å². The zero-order chi connectivity index (χ0) is 21.9. The molecule has 5 rings (SSSR count). The van der Waals surface area contributed by atoms with Gasteiger partial charge in [0.1, 0.15) is 0 Å². The first-order valence-corrected chi connectivity index (χ1v) is 10.1. The van der Waals surface area contributed by atoms with Crippen molar-refractivity contribution in [1.82, 2.24) is 20.2 Å². The Hall–Kier alpha value is -4.39. The fraction of sp³-hybridized carbons (Fsp3) is 0.0800. The van der Waals surface area contributed by atoms with Crippen molar-refractivity contribution in [3.63, 3.8) is 0 Å². The molecule has 2 aromatic carbocycles. The van der Waals surface area contributed by atoms with Crippen LogP contribution in [0.2, 0.25) is 0 Å². The Morgan fingerprint density at radius 2 is 1.72 bits per heavy atom. The summed E-state index contributed by atoms with van der Waals surface area (Å²) < 4.78 is 11.4. The molecule has 3 heterocycles. The monoisotopic (exact) mass is 422 g/mol. The lowest BCUT2D eigenvalue weighted by Gasteiger charge is -2.12. The summed E-state index contributed by atoms with van der Waals surface area (Å²) in [6.45, 7) is 1.70. The van der Waals surface area contributed by atoms with Gasteiger partial charge in [0.25, 0.3) is 5.89 Å². The molecule has 0 aliphatic rings. The van der Waals surface area contributed by atoms with E-state index >= 15 is 0 Å². The number of hydrogen-bond acceptors (Lipinski definition) is 7. The first kappa shape index (κ1) is 19.6. The van der Waals surface area contributed by atoms with E-state index in [1.807, 2.05) is 66.7 Å². The quantitative estimate of drug-likeness (QED) is 0.357. The predicted octanol–water partition coefficient (Wildman–Crippen LogP) is 5.26. The minimum Gasteiger partial charge on any atom is -0.449 e. The highest BCUT2D eigenvalue weighted by molar-refractivity contribution is 6.04. The van der Waals surface area contributed by atoms with Gasteiger partial charge in [0.15, 0.2) is 6.10 Å². The Kier molecular flexibility index (Phi) is 5.13. The van der Waals surface area contributed by atoms with Gasteiger partial charge >= 0.3 is 5.97 Å². The van der Waals surface area contributed by atoms with Gasteiger partial charge in [-0.3, -0.25) is 4.98 Å². The van der Waals surface area contributed by atoms with E-state index in [2.05, 4.69) is 20.2 Å². The van der Waals surface area contributed by atoms with Gasteiger partial charge < -0.3 is 9.15 Å². The molecule has 7 heteroatoms. The second kappa shape index (κ2) is 8.39. The number of rotatable bonds is 5. The van der Waals surface area contributed by atoms with Crippen molar-refractivity contribution in [1.29, 1.82) is 0 Å². The van der Waals surface area contributed by atoms with E-state index in [1.165, 1.54) is 0 Å². The first-order chi connectivity index (χ1) is 15.7. The van der Waals surface area contributed by atoms with Crippen molar-refractivity contribution in [3.8, 4) is 22.7 Å². The van der Waals surface area contributed by atoms with E-state index in [-0.39, 0.29) is 5.89 Å². The van der Waals surface area contributed by atoms with Crippen LogP contribution in [0.15, 0.2) is 89.6 Å². The number of aromatic nitrogens is 4. The van der Waals surface area contributed by atoms with Gasteiger partial charge in [0.2, 0.25) is 5.89 Å². The molecule has 7 nitrogen and oxygen atoms in total. The van der Waals surface area contributed by atoms with Crippen LogP contribution in [-0.4, -0.2) is 26.1 Å². The molecule has 32 heavy (non-hydrogen) atoms. The summed E-state index contributed by atoms with van der Waals surface area (Å²) in [6, 6.07) is 22.3. The smallest absolute Gasteiger partial charge is 0.339 e. The molecule has 1 atom stereocenters. The lowest BCUT2D eigenvalue weighted by molar-refractivity contribution is 0.0282. The Morgan fingerprint density at radius 1 is 0.938 bits per heavy atom. The zero-order valence-corrected chi connectivity index (χ0v) is 17.2. The fourth-order valence-corrected chi connectivity index (χ4v) is 3.38. The Labute approximate surface area is 183 Å². The number of carbonyl (C=O) groups excluding carboxylic acids is 1. The minimum atomic E-state index is -0.721. The van der Waals surface area contributed by atoms with Crippen LogP contribution in [-0.2, 0) is 4.74 Å². The molecule has 3 aromatic heterocycles. The molecule has 0 saturated carbocycles. The SMILES string of the molecule is C[C@@H](OC(=O)c1cc(-c2cccnc2)nc2ccccc12)c1nnc(-c2ccccc2)o1. The standard InChI is InChI=1S/C25H18N4O3/c1-16(23-28-29-24(32-23)17-8-3-2-4-9-17)31-25(30)20-14-22(18-10-7-13-26-15-18)27-21-12-6-5-11-19(20)21/h2-16H,1H3/t16-/m1/s1. The molecule has 0 N–H and O–H groups in total. The predicted molar refractivity (Wildman–Crippen MR) is 119 cm³/mol. The van der Waals surface area contributed by atoms with Crippen LogP contribution in [0.3, 0.4) is 0 Å². The van der Waals surface area contributed by atoms with Crippen LogP contribution in [0.25, 0.3) is 33.6 Å². The minimum absolute atomic E-state index is 0.225. The number of benzene rings is 2. The molecule has 0 aliphatic carbocycles. The maximum atomic E-state index is 13.1. The molecule has 0 saturated heterocycles. The van der Waals surface area contributed by atoms with Crippen molar-refractivity contribution in [2.24, 2.45) is 0 Å². The normalized spacial score (nSPS) is 11.9. The Morgan fingerprint density at radius 3 is 2.53 bits per heavy atom. The van der Waals surface area contributed by atoms with Crippen LogP contribution < -0.4 is 0 Å². The Balaban J connectivity index is 1.45. The summed E-state index contributed by atoms with van der Waals surface area (Å²) in [6.07, 6.45) is 2.68. The number of ether oxygens (including phenoxy) is 1. The van der Waals surface area contributed by atoms with Gasteiger partial charge in [-0.25, -0.2) is 9.78 Å². The average Bonchev–Trinajstić information content (AvgIpc) is 3.35. The average molecular weight is 422 g/mol. The number of para-hydroxylation sites is 1. The summed E-state index contributed by atoms with van der Waals surface area (Å²) in [5.41, 5.74) is 3.35. The molecule has 0 unspecified atom stereocenters. The molecule has 0 aliphatic heterocycles. The molecular weight excluding hydrogens is 404 g/mol. The molecule has 156 valence electrons. The second-order valence-corrected chi connectivity index (χ2v) is 7.17. The van der Waals surface area contributed by atoms with Crippen molar-refractivity contribution < 1.29 is 13.9 Å². The fourth-order valence-electron chi connectivity index (χ4n) is 3.38. The highest BCUT2D eigenvalue weighted by atomic mass is 16.6. The molecule has 0 radical (unpaired) electrons. The van der Waals surface area contributed by atoms with E-state index in [9.17, 15) is 4.79 Å². The Bertz CT molecular complexity index is 1380. The summed E-state index contributed by atoms with van der Waals surface area (Å²) in [7, 11) is 0. The highest BCUT2D eigenvalue weighted by Gasteiger charge is 2.22. The number of pyridine rings is 2. The van der Waals surface area contributed by atoms with E-state index in [0.29, 0.717) is 28.1 Å². The third-order valence-corrected chi connectivity index (χ3v) is 4.99. The maximum Gasteiger partial charge on any atom is 0.339 e. The van der Waals surface area contributed by atoms with Crippen LogP contribution in [0.1, 0.15) is 29.3 Å². The molecule has 5 aromatic rings. The molecule has 0 amide bonds. The number of esters is 1.